The molecular weight excluding hydrogens is 250 g/mol. The number of anilines is 1. The largest absolute Gasteiger partial charge is 0.465 e. The molecular formula is C12H17N3O4. The minimum Gasteiger partial charge on any atom is -0.465 e. The molecule has 0 bridgehead atoms. The van der Waals surface area contributed by atoms with E-state index in [0.29, 0.717) is 19.0 Å². The third-order valence-corrected chi connectivity index (χ3v) is 2.38. The Kier molecular flexibility index (Phi) is 5.72. The summed E-state index contributed by atoms with van der Waals surface area (Å²) in [7, 11) is 1.27. The van der Waals surface area contributed by atoms with Gasteiger partial charge < -0.3 is 14.4 Å². The van der Waals surface area contributed by atoms with Crippen molar-refractivity contribution in [1.82, 2.24) is 10.2 Å². The maximum atomic E-state index is 11.4. The Morgan fingerprint density at radius 2 is 2.00 bits per heavy atom. The van der Waals surface area contributed by atoms with Gasteiger partial charge in [0.1, 0.15) is 6.54 Å². The van der Waals surface area contributed by atoms with Gasteiger partial charge in [0.05, 0.1) is 13.7 Å². The lowest BCUT2D eigenvalue weighted by Crippen LogP contribution is -2.31. The molecule has 19 heavy (non-hydrogen) atoms. The molecule has 0 aliphatic heterocycles. The van der Waals surface area contributed by atoms with Gasteiger partial charge in [-0.25, -0.2) is 4.79 Å². The molecule has 1 aromatic heterocycles. The standard InChI is InChI=1S/C12H17N3O4/c1-4-15(8-11(16)19-5-2)10-7-6-9(13-14-10)12(17)18-3/h6-7H,4-5,8H2,1-3H3. The number of methoxy groups -OCH3 is 1. The highest BCUT2D eigenvalue weighted by atomic mass is 16.5. The fraction of sp³-hybridized carbons (Fsp3) is 0.500. The SMILES string of the molecule is CCOC(=O)CN(CC)c1ccc(C(=O)OC)nn1. The van der Waals surface area contributed by atoms with E-state index < -0.39 is 5.97 Å². The topological polar surface area (TPSA) is 81.6 Å². The number of rotatable bonds is 6. The highest BCUT2D eigenvalue weighted by Crippen LogP contribution is 2.09. The van der Waals surface area contributed by atoms with Gasteiger partial charge >= 0.3 is 11.9 Å². The second-order valence-electron chi connectivity index (χ2n) is 3.59. The normalized spacial score (nSPS) is 9.84. The molecule has 0 aliphatic rings. The van der Waals surface area contributed by atoms with E-state index in [1.807, 2.05) is 6.92 Å². The maximum absolute atomic E-state index is 11.4. The van der Waals surface area contributed by atoms with Crippen molar-refractivity contribution in [2.45, 2.75) is 13.8 Å². The quantitative estimate of drug-likeness (QED) is 0.700. The highest BCUT2D eigenvalue weighted by molar-refractivity contribution is 5.87. The Morgan fingerprint density at radius 3 is 2.47 bits per heavy atom. The van der Waals surface area contributed by atoms with Crippen LogP contribution in [0.1, 0.15) is 24.3 Å². The predicted molar refractivity (Wildman–Crippen MR) is 67.9 cm³/mol. The number of nitrogens with zero attached hydrogens (tertiary/aromatic N) is 3. The molecule has 0 radical (unpaired) electrons. The Labute approximate surface area is 111 Å². The number of aromatic nitrogens is 2. The molecule has 0 spiro atoms. The summed E-state index contributed by atoms with van der Waals surface area (Å²) in [5, 5.41) is 7.65. The number of carbonyl (C=O) groups is 2. The number of hydrogen-bond acceptors (Lipinski definition) is 7. The zero-order chi connectivity index (χ0) is 14.3. The zero-order valence-corrected chi connectivity index (χ0v) is 11.3. The molecule has 0 aromatic carbocycles. The van der Waals surface area contributed by atoms with Crippen LogP contribution in [-0.4, -0.2) is 48.9 Å². The molecule has 1 rings (SSSR count). The van der Waals surface area contributed by atoms with Crippen molar-refractivity contribution in [1.29, 1.82) is 0 Å². The van der Waals surface area contributed by atoms with Crippen LogP contribution in [0.25, 0.3) is 0 Å². The summed E-state index contributed by atoms with van der Waals surface area (Å²) >= 11 is 0. The summed E-state index contributed by atoms with van der Waals surface area (Å²) in [5.41, 5.74) is 0.124. The van der Waals surface area contributed by atoms with E-state index in [2.05, 4.69) is 14.9 Å². The number of esters is 2. The number of ether oxygens (including phenoxy) is 2. The van der Waals surface area contributed by atoms with Crippen LogP contribution in [-0.2, 0) is 14.3 Å². The van der Waals surface area contributed by atoms with Gasteiger partial charge in [0.25, 0.3) is 0 Å². The third-order valence-electron chi connectivity index (χ3n) is 2.38. The van der Waals surface area contributed by atoms with Gasteiger partial charge in [0, 0.05) is 6.54 Å². The van der Waals surface area contributed by atoms with Crippen LogP contribution < -0.4 is 4.90 Å². The van der Waals surface area contributed by atoms with Gasteiger partial charge in [0.15, 0.2) is 11.5 Å². The number of likely N-dealkylation sites (N-methyl/N-ethyl adjacent to an activating group) is 1. The van der Waals surface area contributed by atoms with Crippen molar-refractivity contribution in [3.8, 4) is 0 Å². The van der Waals surface area contributed by atoms with E-state index in [-0.39, 0.29) is 18.2 Å². The smallest absolute Gasteiger partial charge is 0.358 e. The van der Waals surface area contributed by atoms with Crippen molar-refractivity contribution in [2.24, 2.45) is 0 Å². The molecule has 0 aliphatic carbocycles. The summed E-state index contributed by atoms with van der Waals surface area (Å²) < 4.78 is 9.40. The van der Waals surface area contributed by atoms with Crippen LogP contribution >= 0.6 is 0 Å². The van der Waals surface area contributed by atoms with Crippen molar-refractivity contribution < 1.29 is 19.1 Å². The summed E-state index contributed by atoms with van der Waals surface area (Å²) in [4.78, 5) is 24.3. The molecule has 0 saturated heterocycles. The van der Waals surface area contributed by atoms with Gasteiger partial charge in [-0.2, -0.15) is 0 Å². The van der Waals surface area contributed by atoms with Crippen molar-refractivity contribution >= 4 is 17.8 Å². The first-order valence-electron chi connectivity index (χ1n) is 5.95. The van der Waals surface area contributed by atoms with E-state index in [1.54, 1.807) is 17.9 Å². The molecule has 104 valence electrons. The summed E-state index contributed by atoms with van der Waals surface area (Å²) in [6.45, 7) is 4.64. The first kappa shape index (κ1) is 14.9. The average Bonchev–Trinajstić information content (AvgIpc) is 2.44. The molecule has 1 aromatic rings. The number of carbonyl (C=O) groups excluding carboxylic acids is 2. The van der Waals surface area contributed by atoms with E-state index in [4.69, 9.17) is 4.74 Å². The first-order valence-corrected chi connectivity index (χ1v) is 5.95. The van der Waals surface area contributed by atoms with Crippen molar-refractivity contribution in [3.63, 3.8) is 0 Å². The van der Waals surface area contributed by atoms with Crippen LogP contribution in [0, 0.1) is 0 Å². The van der Waals surface area contributed by atoms with Crippen molar-refractivity contribution in [2.75, 3.05) is 31.7 Å². The van der Waals surface area contributed by atoms with E-state index in [9.17, 15) is 9.59 Å². The predicted octanol–water partition coefficient (Wildman–Crippen LogP) is 0.653. The Balaban J connectivity index is 2.76. The van der Waals surface area contributed by atoms with E-state index in [1.165, 1.54) is 13.2 Å². The van der Waals surface area contributed by atoms with Crippen LogP contribution in [0.2, 0.25) is 0 Å². The molecule has 0 unspecified atom stereocenters. The van der Waals surface area contributed by atoms with E-state index >= 15 is 0 Å². The molecule has 7 nitrogen and oxygen atoms in total. The lowest BCUT2D eigenvalue weighted by Gasteiger charge is -2.19. The van der Waals surface area contributed by atoms with Crippen molar-refractivity contribution in [3.05, 3.63) is 17.8 Å². The van der Waals surface area contributed by atoms with Crippen LogP contribution in [0.4, 0.5) is 5.82 Å². The summed E-state index contributed by atoms with van der Waals surface area (Å²) in [6.07, 6.45) is 0. The fourth-order valence-corrected chi connectivity index (χ4v) is 1.42. The van der Waals surface area contributed by atoms with E-state index in [0.717, 1.165) is 0 Å². The second-order valence-corrected chi connectivity index (χ2v) is 3.59. The molecule has 7 heteroatoms. The Bertz CT molecular complexity index is 433. The number of hydrogen-bond donors (Lipinski definition) is 0. The summed E-state index contributed by atoms with van der Waals surface area (Å²) in [5.74, 6) is -0.376. The van der Waals surface area contributed by atoms with Gasteiger partial charge in [0.2, 0.25) is 0 Å². The molecule has 0 N–H and O–H groups in total. The average molecular weight is 267 g/mol. The van der Waals surface area contributed by atoms with Gasteiger partial charge in [-0.15, -0.1) is 10.2 Å². The highest BCUT2D eigenvalue weighted by Gasteiger charge is 2.14. The molecule has 0 atom stereocenters. The van der Waals surface area contributed by atoms with Gasteiger partial charge in [-0.1, -0.05) is 0 Å². The molecule has 0 amide bonds. The minimum absolute atomic E-state index is 0.0938. The lowest BCUT2D eigenvalue weighted by molar-refractivity contribution is -0.141. The Morgan fingerprint density at radius 1 is 1.26 bits per heavy atom. The minimum atomic E-state index is -0.549. The second kappa shape index (κ2) is 7.30. The third kappa shape index (κ3) is 4.20. The van der Waals surface area contributed by atoms with Gasteiger partial charge in [-0.05, 0) is 26.0 Å². The first-order chi connectivity index (χ1) is 9.12. The fourth-order valence-electron chi connectivity index (χ4n) is 1.42. The lowest BCUT2D eigenvalue weighted by atomic mass is 10.3. The van der Waals surface area contributed by atoms with Crippen LogP contribution in [0.3, 0.4) is 0 Å². The molecule has 1 heterocycles. The Hall–Kier alpha value is -2.18. The summed E-state index contributed by atoms with van der Waals surface area (Å²) in [6, 6.07) is 3.12. The monoisotopic (exact) mass is 267 g/mol. The maximum Gasteiger partial charge on any atom is 0.358 e. The van der Waals surface area contributed by atoms with Crippen LogP contribution in [0.5, 0.6) is 0 Å². The zero-order valence-electron chi connectivity index (χ0n) is 11.3. The molecule has 0 fully saturated rings. The molecule has 0 saturated carbocycles. The van der Waals surface area contributed by atoms with Gasteiger partial charge in [-0.3, -0.25) is 4.79 Å². The van der Waals surface area contributed by atoms with Crippen LogP contribution in [0.15, 0.2) is 12.1 Å².